The van der Waals surface area contributed by atoms with Crippen LogP contribution in [0.2, 0.25) is 0 Å². The van der Waals surface area contributed by atoms with Gasteiger partial charge in [-0.25, -0.2) is 4.98 Å². The summed E-state index contributed by atoms with van der Waals surface area (Å²) < 4.78 is 38.5. The summed E-state index contributed by atoms with van der Waals surface area (Å²) in [6.07, 6.45) is 0.00141. The normalized spacial score (nSPS) is 16.1. The standard InChI is InChI=1S/C16H23F3N4O2/c1-12(24)21(2)13-5-8-22(9-6-13)15(25)4-3-14-20-7-10-23(14)11-16(17,18)19/h7,10,13H,3-6,8-9,11H2,1-2H3. The monoisotopic (exact) mass is 360 g/mol. The molecule has 2 amide bonds. The summed E-state index contributed by atoms with van der Waals surface area (Å²) in [5, 5.41) is 0. The minimum absolute atomic E-state index is 0.00118. The van der Waals surface area contributed by atoms with E-state index < -0.39 is 12.7 Å². The van der Waals surface area contributed by atoms with Gasteiger partial charge in [-0.1, -0.05) is 0 Å². The van der Waals surface area contributed by atoms with Gasteiger partial charge in [0.15, 0.2) is 0 Å². The first-order chi connectivity index (χ1) is 11.7. The summed E-state index contributed by atoms with van der Waals surface area (Å²) >= 11 is 0. The number of nitrogens with zero attached hydrogens (tertiary/aromatic N) is 4. The molecule has 6 nitrogen and oxygen atoms in total. The Kier molecular flexibility index (Phi) is 6.07. The zero-order chi connectivity index (χ0) is 18.6. The number of aromatic nitrogens is 2. The van der Waals surface area contributed by atoms with Gasteiger partial charge in [0.2, 0.25) is 11.8 Å². The van der Waals surface area contributed by atoms with Crippen molar-refractivity contribution in [2.24, 2.45) is 0 Å². The van der Waals surface area contributed by atoms with E-state index in [0.717, 1.165) is 4.57 Å². The Hall–Kier alpha value is -2.06. The Balaban J connectivity index is 1.82. The number of rotatable bonds is 5. The predicted octanol–water partition coefficient (Wildman–Crippen LogP) is 1.85. The minimum atomic E-state index is -4.32. The third-order valence-corrected chi connectivity index (χ3v) is 4.58. The molecule has 1 aliphatic rings. The molecule has 0 spiro atoms. The molecular weight excluding hydrogens is 337 g/mol. The molecule has 1 aliphatic heterocycles. The van der Waals surface area contributed by atoms with E-state index in [1.165, 1.54) is 19.3 Å². The van der Waals surface area contributed by atoms with Crippen LogP contribution in [0.15, 0.2) is 12.4 Å². The average molecular weight is 360 g/mol. The summed E-state index contributed by atoms with van der Waals surface area (Å²) in [5.74, 6) is 0.170. The number of likely N-dealkylation sites (tertiary alicyclic amines) is 1. The lowest BCUT2D eigenvalue weighted by atomic mass is 10.0. The topological polar surface area (TPSA) is 58.4 Å². The van der Waals surface area contributed by atoms with Crippen LogP contribution in [0.4, 0.5) is 13.2 Å². The van der Waals surface area contributed by atoms with Gasteiger partial charge in [0.1, 0.15) is 12.4 Å². The lowest BCUT2D eigenvalue weighted by Gasteiger charge is -2.36. The highest BCUT2D eigenvalue weighted by Crippen LogP contribution is 2.20. The molecule has 0 bridgehead atoms. The lowest BCUT2D eigenvalue weighted by molar-refractivity contribution is -0.141. The molecule has 0 aromatic carbocycles. The number of halogens is 3. The quantitative estimate of drug-likeness (QED) is 0.805. The van der Waals surface area contributed by atoms with Crippen LogP contribution in [0.25, 0.3) is 0 Å². The molecule has 0 N–H and O–H groups in total. The Labute approximate surface area is 144 Å². The molecular formula is C16H23F3N4O2. The first-order valence-electron chi connectivity index (χ1n) is 8.25. The number of amides is 2. The second kappa shape index (κ2) is 7.88. The van der Waals surface area contributed by atoms with Gasteiger partial charge < -0.3 is 14.4 Å². The molecule has 1 aromatic rings. The summed E-state index contributed by atoms with van der Waals surface area (Å²) in [5.41, 5.74) is 0. The molecule has 9 heteroatoms. The molecule has 0 atom stereocenters. The van der Waals surface area contributed by atoms with Crippen molar-refractivity contribution in [1.82, 2.24) is 19.4 Å². The minimum Gasteiger partial charge on any atom is -0.343 e. The van der Waals surface area contributed by atoms with Gasteiger partial charge >= 0.3 is 6.18 Å². The molecule has 1 aromatic heterocycles. The molecule has 0 saturated carbocycles. The molecule has 2 heterocycles. The number of imidazole rings is 1. The van der Waals surface area contributed by atoms with Crippen LogP contribution in [0.3, 0.4) is 0 Å². The highest BCUT2D eigenvalue weighted by atomic mass is 19.4. The van der Waals surface area contributed by atoms with Crippen molar-refractivity contribution in [3.8, 4) is 0 Å². The number of hydrogen-bond donors (Lipinski definition) is 0. The van der Waals surface area contributed by atoms with Crippen molar-refractivity contribution in [2.45, 2.75) is 51.4 Å². The fraction of sp³-hybridized carbons (Fsp3) is 0.688. The summed E-state index contributed by atoms with van der Waals surface area (Å²) in [6.45, 7) is 1.52. The lowest BCUT2D eigenvalue weighted by Crippen LogP contribution is -2.46. The van der Waals surface area contributed by atoms with Crippen molar-refractivity contribution in [2.75, 3.05) is 20.1 Å². The Bertz CT molecular complexity index is 607. The fourth-order valence-corrected chi connectivity index (χ4v) is 3.04. The smallest absolute Gasteiger partial charge is 0.343 e. The van der Waals surface area contributed by atoms with E-state index in [2.05, 4.69) is 4.98 Å². The predicted molar refractivity (Wildman–Crippen MR) is 84.6 cm³/mol. The zero-order valence-electron chi connectivity index (χ0n) is 14.4. The highest BCUT2D eigenvalue weighted by Gasteiger charge is 2.29. The van der Waals surface area contributed by atoms with E-state index in [9.17, 15) is 22.8 Å². The number of hydrogen-bond acceptors (Lipinski definition) is 3. The van der Waals surface area contributed by atoms with Gasteiger partial charge in [-0.05, 0) is 12.8 Å². The maximum atomic E-state index is 12.5. The summed E-state index contributed by atoms with van der Waals surface area (Å²) in [4.78, 5) is 31.0. The number of carbonyl (C=O) groups is 2. The van der Waals surface area contributed by atoms with E-state index >= 15 is 0 Å². The van der Waals surface area contributed by atoms with E-state index in [4.69, 9.17) is 0 Å². The van der Waals surface area contributed by atoms with Crippen molar-refractivity contribution in [1.29, 1.82) is 0 Å². The number of aryl methyl sites for hydroxylation is 1. The van der Waals surface area contributed by atoms with Gasteiger partial charge in [-0.2, -0.15) is 13.2 Å². The Morgan fingerprint density at radius 3 is 2.52 bits per heavy atom. The van der Waals surface area contributed by atoms with Gasteiger partial charge in [0, 0.05) is 58.3 Å². The maximum absolute atomic E-state index is 12.5. The SMILES string of the molecule is CC(=O)N(C)C1CCN(C(=O)CCc2nccn2CC(F)(F)F)CC1. The fourth-order valence-electron chi connectivity index (χ4n) is 3.04. The van der Waals surface area contributed by atoms with Crippen molar-refractivity contribution in [3.05, 3.63) is 18.2 Å². The van der Waals surface area contributed by atoms with Crippen LogP contribution in [-0.2, 0) is 22.6 Å². The van der Waals surface area contributed by atoms with Crippen molar-refractivity contribution >= 4 is 11.8 Å². The number of carbonyl (C=O) groups excluding carboxylic acids is 2. The van der Waals surface area contributed by atoms with Crippen molar-refractivity contribution in [3.63, 3.8) is 0 Å². The van der Waals surface area contributed by atoms with E-state index in [1.54, 1.807) is 16.8 Å². The number of piperidine rings is 1. The van der Waals surface area contributed by atoms with Crippen LogP contribution in [0, 0.1) is 0 Å². The second-order valence-electron chi connectivity index (χ2n) is 6.33. The van der Waals surface area contributed by atoms with Crippen LogP contribution in [0.1, 0.15) is 32.0 Å². The van der Waals surface area contributed by atoms with Crippen LogP contribution < -0.4 is 0 Å². The molecule has 0 radical (unpaired) electrons. The Morgan fingerprint density at radius 1 is 1.32 bits per heavy atom. The van der Waals surface area contributed by atoms with Crippen LogP contribution >= 0.6 is 0 Å². The average Bonchev–Trinajstić information content (AvgIpc) is 2.97. The van der Waals surface area contributed by atoms with Gasteiger partial charge in [0.05, 0.1) is 0 Å². The summed E-state index contributed by atoms with van der Waals surface area (Å²) in [6, 6.07) is 0.132. The largest absolute Gasteiger partial charge is 0.406 e. The third kappa shape index (κ3) is 5.47. The van der Waals surface area contributed by atoms with E-state index in [0.29, 0.717) is 25.9 Å². The zero-order valence-corrected chi connectivity index (χ0v) is 14.4. The third-order valence-electron chi connectivity index (χ3n) is 4.58. The highest BCUT2D eigenvalue weighted by molar-refractivity contribution is 5.76. The van der Waals surface area contributed by atoms with Crippen LogP contribution in [0.5, 0.6) is 0 Å². The van der Waals surface area contributed by atoms with E-state index in [-0.39, 0.29) is 36.5 Å². The first kappa shape index (κ1) is 19.3. The molecule has 1 saturated heterocycles. The molecule has 0 aliphatic carbocycles. The molecule has 25 heavy (non-hydrogen) atoms. The van der Waals surface area contributed by atoms with Gasteiger partial charge in [0.25, 0.3) is 0 Å². The molecule has 2 rings (SSSR count). The second-order valence-corrected chi connectivity index (χ2v) is 6.33. The van der Waals surface area contributed by atoms with Crippen LogP contribution in [-0.4, -0.2) is 63.5 Å². The molecule has 1 fully saturated rings. The van der Waals surface area contributed by atoms with Gasteiger partial charge in [-0.3, -0.25) is 9.59 Å². The van der Waals surface area contributed by atoms with E-state index in [1.807, 2.05) is 0 Å². The van der Waals surface area contributed by atoms with Crippen molar-refractivity contribution < 1.29 is 22.8 Å². The Morgan fingerprint density at radius 2 is 1.96 bits per heavy atom. The summed E-state index contributed by atoms with van der Waals surface area (Å²) in [7, 11) is 1.75. The maximum Gasteiger partial charge on any atom is 0.406 e. The molecule has 140 valence electrons. The molecule has 0 unspecified atom stereocenters. The first-order valence-corrected chi connectivity index (χ1v) is 8.25. The van der Waals surface area contributed by atoms with Gasteiger partial charge in [-0.15, -0.1) is 0 Å². The number of alkyl halides is 3.